The van der Waals surface area contributed by atoms with E-state index in [2.05, 4.69) is 20.6 Å². The molecule has 7 heteroatoms. The summed E-state index contributed by atoms with van der Waals surface area (Å²) in [6.07, 6.45) is 1.35. The van der Waals surface area contributed by atoms with Crippen LogP contribution in [0.2, 0.25) is 10.0 Å². The lowest BCUT2D eigenvalue weighted by atomic mass is 10.1. The second-order valence-electron chi connectivity index (χ2n) is 5.75. The van der Waals surface area contributed by atoms with Crippen LogP contribution in [0.15, 0.2) is 30.6 Å². The molecule has 0 atom stereocenters. The van der Waals surface area contributed by atoms with Crippen LogP contribution in [0.3, 0.4) is 0 Å². The Labute approximate surface area is 139 Å². The molecule has 0 saturated heterocycles. The number of aromatic nitrogens is 2. The van der Waals surface area contributed by atoms with Gasteiger partial charge in [0.1, 0.15) is 17.8 Å². The first-order valence-electron chi connectivity index (χ1n) is 6.61. The van der Waals surface area contributed by atoms with Crippen molar-refractivity contribution < 1.29 is 4.79 Å². The minimum atomic E-state index is -0.349. The first-order valence-corrected chi connectivity index (χ1v) is 7.37. The van der Waals surface area contributed by atoms with Gasteiger partial charge in [-0.3, -0.25) is 4.79 Å². The summed E-state index contributed by atoms with van der Waals surface area (Å²) in [6.45, 7) is 6.01. The van der Waals surface area contributed by atoms with E-state index in [1.807, 2.05) is 20.8 Å². The third kappa shape index (κ3) is 4.58. The Morgan fingerprint density at radius 2 is 1.82 bits per heavy atom. The van der Waals surface area contributed by atoms with Crippen LogP contribution in [-0.2, 0) is 0 Å². The van der Waals surface area contributed by atoms with Crippen molar-refractivity contribution in [3.05, 3.63) is 46.3 Å². The molecule has 2 rings (SSSR count). The molecule has 0 fully saturated rings. The second-order valence-corrected chi connectivity index (χ2v) is 6.56. The molecule has 1 heterocycles. The van der Waals surface area contributed by atoms with Crippen molar-refractivity contribution in [1.29, 1.82) is 0 Å². The van der Waals surface area contributed by atoms with Crippen LogP contribution in [0.4, 0.5) is 11.5 Å². The second kappa shape index (κ2) is 6.50. The molecule has 1 aromatic carbocycles. The zero-order valence-corrected chi connectivity index (χ0v) is 14.0. The van der Waals surface area contributed by atoms with Crippen LogP contribution < -0.4 is 10.6 Å². The van der Waals surface area contributed by atoms with Gasteiger partial charge in [0.05, 0.1) is 10.0 Å². The zero-order chi connectivity index (χ0) is 16.3. The number of nitrogens with one attached hydrogen (secondary N) is 2. The molecular formula is C15H16Cl2N4O. The topological polar surface area (TPSA) is 66.9 Å². The highest BCUT2D eigenvalue weighted by Crippen LogP contribution is 2.25. The molecule has 116 valence electrons. The minimum absolute atomic E-state index is 0.161. The van der Waals surface area contributed by atoms with E-state index >= 15 is 0 Å². The van der Waals surface area contributed by atoms with Gasteiger partial charge < -0.3 is 10.6 Å². The van der Waals surface area contributed by atoms with Crippen molar-refractivity contribution in [2.75, 3.05) is 10.6 Å². The van der Waals surface area contributed by atoms with Gasteiger partial charge in [-0.05, 0) is 39.0 Å². The van der Waals surface area contributed by atoms with Crippen molar-refractivity contribution in [3.8, 4) is 0 Å². The summed E-state index contributed by atoms with van der Waals surface area (Å²) in [7, 11) is 0. The van der Waals surface area contributed by atoms with E-state index in [-0.39, 0.29) is 17.1 Å². The van der Waals surface area contributed by atoms with Crippen LogP contribution >= 0.6 is 23.2 Å². The normalized spacial score (nSPS) is 11.1. The Balaban J connectivity index is 2.15. The molecule has 0 bridgehead atoms. The summed E-state index contributed by atoms with van der Waals surface area (Å²) >= 11 is 11.8. The Hall–Kier alpha value is -1.85. The van der Waals surface area contributed by atoms with Gasteiger partial charge in [0.25, 0.3) is 5.91 Å². The van der Waals surface area contributed by atoms with E-state index in [0.717, 1.165) is 0 Å². The zero-order valence-electron chi connectivity index (χ0n) is 12.4. The first-order chi connectivity index (χ1) is 10.2. The summed E-state index contributed by atoms with van der Waals surface area (Å²) in [5, 5.41) is 6.70. The quantitative estimate of drug-likeness (QED) is 0.877. The first kappa shape index (κ1) is 16.5. The van der Waals surface area contributed by atoms with Gasteiger partial charge in [-0.2, -0.15) is 0 Å². The van der Waals surface area contributed by atoms with Crippen molar-refractivity contribution in [2.24, 2.45) is 0 Å². The van der Waals surface area contributed by atoms with Crippen molar-refractivity contribution in [2.45, 2.75) is 26.3 Å². The third-order valence-corrected chi connectivity index (χ3v) is 3.32. The number of anilines is 2. The van der Waals surface area contributed by atoms with Gasteiger partial charge >= 0.3 is 0 Å². The molecule has 0 saturated carbocycles. The molecule has 1 amide bonds. The highest BCUT2D eigenvalue weighted by molar-refractivity contribution is 6.42. The van der Waals surface area contributed by atoms with Crippen LogP contribution in [0.5, 0.6) is 0 Å². The lowest BCUT2D eigenvalue weighted by Gasteiger charge is -2.21. The lowest BCUT2D eigenvalue weighted by Crippen LogP contribution is -2.27. The fraction of sp³-hybridized carbons (Fsp3) is 0.267. The number of carbonyl (C=O) groups is 1. The van der Waals surface area contributed by atoms with Crippen LogP contribution in [0, 0.1) is 0 Å². The lowest BCUT2D eigenvalue weighted by molar-refractivity contribution is 0.102. The largest absolute Gasteiger partial charge is 0.365 e. The van der Waals surface area contributed by atoms with Gasteiger partial charge in [0, 0.05) is 17.3 Å². The Kier molecular flexibility index (Phi) is 4.88. The molecule has 0 spiro atoms. The number of rotatable bonds is 3. The molecule has 2 N–H and O–H groups in total. The maximum Gasteiger partial charge on any atom is 0.274 e. The molecule has 0 aliphatic heterocycles. The fourth-order valence-corrected chi connectivity index (χ4v) is 2.00. The van der Waals surface area contributed by atoms with Gasteiger partial charge in [0.15, 0.2) is 0 Å². The molecule has 0 aliphatic carbocycles. The number of halogens is 2. The monoisotopic (exact) mass is 338 g/mol. The van der Waals surface area contributed by atoms with Gasteiger partial charge in [0.2, 0.25) is 0 Å². The average Bonchev–Trinajstić information content (AvgIpc) is 2.41. The molecule has 0 aliphatic rings. The van der Waals surface area contributed by atoms with Crippen LogP contribution in [0.25, 0.3) is 0 Å². The summed E-state index contributed by atoms with van der Waals surface area (Å²) in [4.78, 5) is 20.3. The average molecular weight is 339 g/mol. The summed E-state index contributed by atoms with van der Waals surface area (Å²) in [5.74, 6) is 0.236. The predicted molar refractivity (Wildman–Crippen MR) is 89.8 cm³/mol. The Morgan fingerprint density at radius 1 is 1.09 bits per heavy atom. The Bertz CT molecular complexity index is 698. The molecule has 5 nitrogen and oxygen atoms in total. The SMILES string of the molecule is CC(C)(C)Nc1cc(C(=O)Nc2ccc(Cl)c(Cl)c2)ncn1. The van der Waals surface area contributed by atoms with E-state index < -0.39 is 0 Å². The standard InChI is InChI=1S/C15H16Cl2N4O/c1-15(2,3)21-13-7-12(18-8-19-13)14(22)20-9-4-5-10(16)11(17)6-9/h4-8H,1-3H3,(H,20,22)(H,18,19,21). The van der Waals surface area contributed by atoms with E-state index in [0.29, 0.717) is 21.6 Å². The van der Waals surface area contributed by atoms with Gasteiger partial charge in [-0.1, -0.05) is 23.2 Å². The van der Waals surface area contributed by atoms with Crippen molar-refractivity contribution in [3.63, 3.8) is 0 Å². The predicted octanol–water partition coefficient (Wildman–Crippen LogP) is 4.25. The number of benzene rings is 1. The van der Waals surface area contributed by atoms with E-state index in [4.69, 9.17) is 23.2 Å². The summed E-state index contributed by atoms with van der Waals surface area (Å²) < 4.78 is 0. The van der Waals surface area contributed by atoms with Crippen LogP contribution in [0.1, 0.15) is 31.3 Å². The highest BCUT2D eigenvalue weighted by atomic mass is 35.5. The van der Waals surface area contributed by atoms with Crippen LogP contribution in [-0.4, -0.2) is 21.4 Å². The third-order valence-electron chi connectivity index (χ3n) is 2.58. The van der Waals surface area contributed by atoms with E-state index in [1.165, 1.54) is 6.33 Å². The number of carbonyl (C=O) groups excluding carboxylic acids is 1. The molecule has 0 radical (unpaired) electrons. The Morgan fingerprint density at radius 3 is 2.45 bits per heavy atom. The number of amides is 1. The number of nitrogens with zero attached hydrogens (tertiary/aromatic N) is 2. The molecule has 22 heavy (non-hydrogen) atoms. The maximum absolute atomic E-state index is 12.2. The summed E-state index contributed by atoms with van der Waals surface area (Å²) in [5.41, 5.74) is 0.641. The van der Waals surface area contributed by atoms with E-state index in [9.17, 15) is 4.79 Å². The molecule has 2 aromatic rings. The summed E-state index contributed by atoms with van der Waals surface area (Å²) in [6, 6.07) is 6.46. The number of hydrogen-bond donors (Lipinski definition) is 2. The maximum atomic E-state index is 12.2. The van der Waals surface area contributed by atoms with Crippen molar-refractivity contribution in [1.82, 2.24) is 9.97 Å². The molecule has 0 unspecified atom stereocenters. The van der Waals surface area contributed by atoms with Gasteiger partial charge in [-0.25, -0.2) is 9.97 Å². The smallest absolute Gasteiger partial charge is 0.274 e. The van der Waals surface area contributed by atoms with Gasteiger partial charge in [-0.15, -0.1) is 0 Å². The van der Waals surface area contributed by atoms with E-state index in [1.54, 1.807) is 24.3 Å². The fourth-order valence-electron chi connectivity index (χ4n) is 1.70. The number of hydrogen-bond acceptors (Lipinski definition) is 4. The minimum Gasteiger partial charge on any atom is -0.365 e. The molecule has 1 aromatic heterocycles. The molecular weight excluding hydrogens is 323 g/mol. The highest BCUT2D eigenvalue weighted by Gasteiger charge is 2.14. The van der Waals surface area contributed by atoms with Crippen molar-refractivity contribution >= 4 is 40.6 Å².